The van der Waals surface area contributed by atoms with Gasteiger partial charge < -0.3 is 10.6 Å². The van der Waals surface area contributed by atoms with Crippen LogP contribution in [0, 0.1) is 0 Å². The Kier molecular flexibility index (Phi) is 5.82. The van der Waals surface area contributed by atoms with Gasteiger partial charge in [0, 0.05) is 30.6 Å². The van der Waals surface area contributed by atoms with Crippen LogP contribution in [0.3, 0.4) is 0 Å². The Labute approximate surface area is 114 Å². The van der Waals surface area contributed by atoms with Gasteiger partial charge in [-0.3, -0.25) is 4.79 Å². The van der Waals surface area contributed by atoms with Crippen molar-refractivity contribution in [3.63, 3.8) is 0 Å². The fourth-order valence-electron chi connectivity index (χ4n) is 1.67. The Morgan fingerprint density at radius 1 is 1.21 bits per heavy atom. The minimum absolute atomic E-state index is 0.116. The molecule has 0 aliphatic heterocycles. The van der Waals surface area contributed by atoms with Gasteiger partial charge in [0.2, 0.25) is 5.91 Å². The maximum Gasteiger partial charge on any atom is 0.221 e. The highest BCUT2D eigenvalue weighted by molar-refractivity contribution is 7.91. The molecule has 106 valence electrons. The second kappa shape index (κ2) is 7.13. The van der Waals surface area contributed by atoms with E-state index in [1.807, 2.05) is 13.0 Å². The summed E-state index contributed by atoms with van der Waals surface area (Å²) >= 11 is 0. The smallest absolute Gasteiger partial charge is 0.221 e. The van der Waals surface area contributed by atoms with Gasteiger partial charge in [0.15, 0.2) is 9.84 Å². The van der Waals surface area contributed by atoms with Gasteiger partial charge in [0.25, 0.3) is 0 Å². The van der Waals surface area contributed by atoms with E-state index in [2.05, 4.69) is 10.6 Å². The second-order valence-electron chi connectivity index (χ2n) is 4.34. The molecule has 0 heterocycles. The van der Waals surface area contributed by atoms with Gasteiger partial charge >= 0.3 is 0 Å². The van der Waals surface area contributed by atoms with E-state index < -0.39 is 9.84 Å². The van der Waals surface area contributed by atoms with Gasteiger partial charge in [-0.15, -0.1) is 0 Å². The van der Waals surface area contributed by atoms with Crippen LogP contribution in [-0.4, -0.2) is 32.4 Å². The zero-order valence-corrected chi connectivity index (χ0v) is 12.1. The monoisotopic (exact) mass is 284 g/mol. The van der Waals surface area contributed by atoms with Gasteiger partial charge in [-0.2, -0.15) is 0 Å². The number of anilines is 2. The van der Waals surface area contributed by atoms with Crippen LogP contribution in [0.5, 0.6) is 0 Å². The van der Waals surface area contributed by atoms with Gasteiger partial charge in [-0.05, 0) is 24.6 Å². The van der Waals surface area contributed by atoms with E-state index in [9.17, 15) is 13.2 Å². The molecule has 0 unspecified atom stereocenters. The number of sulfone groups is 1. The predicted molar refractivity (Wildman–Crippen MR) is 78.2 cm³/mol. The number of carbonyl (C=O) groups excluding carboxylic acids is 1. The molecule has 0 atom stereocenters. The molecule has 1 aromatic rings. The summed E-state index contributed by atoms with van der Waals surface area (Å²) in [6.07, 6.45) is 0.639. The van der Waals surface area contributed by atoms with E-state index in [1.165, 1.54) is 6.92 Å². The first-order valence-corrected chi connectivity index (χ1v) is 8.07. The number of carbonyl (C=O) groups is 1. The zero-order chi connectivity index (χ0) is 14.3. The second-order valence-corrected chi connectivity index (χ2v) is 6.64. The zero-order valence-electron chi connectivity index (χ0n) is 11.3. The van der Waals surface area contributed by atoms with Crippen molar-refractivity contribution in [2.75, 3.05) is 28.7 Å². The number of hydrogen-bond donors (Lipinski definition) is 2. The molecule has 19 heavy (non-hydrogen) atoms. The molecular formula is C13H20N2O3S. The van der Waals surface area contributed by atoms with Crippen molar-refractivity contribution in [2.45, 2.75) is 20.3 Å². The van der Waals surface area contributed by atoms with E-state index in [-0.39, 0.29) is 17.4 Å². The third-order valence-electron chi connectivity index (χ3n) is 2.44. The van der Waals surface area contributed by atoms with Crippen molar-refractivity contribution in [3.8, 4) is 0 Å². The van der Waals surface area contributed by atoms with E-state index in [1.54, 1.807) is 18.2 Å². The molecule has 0 fully saturated rings. The number of nitrogens with one attached hydrogen (secondary N) is 2. The average molecular weight is 284 g/mol. The van der Waals surface area contributed by atoms with Crippen LogP contribution in [0.2, 0.25) is 0 Å². The number of amides is 1. The highest BCUT2D eigenvalue weighted by Gasteiger charge is 2.08. The fraction of sp³-hybridized carbons (Fsp3) is 0.462. The third kappa shape index (κ3) is 6.24. The molecule has 2 N–H and O–H groups in total. The van der Waals surface area contributed by atoms with Gasteiger partial charge in [-0.25, -0.2) is 8.42 Å². The third-order valence-corrected chi connectivity index (χ3v) is 4.30. The minimum Gasteiger partial charge on any atom is -0.384 e. The van der Waals surface area contributed by atoms with Crippen molar-refractivity contribution < 1.29 is 13.2 Å². The van der Waals surface area contributed by atoms with Crippen LogP contribution in [0.25, 0.3) is 0 Å². The minimum atomic E-state index is -2.96. The van der Waals surface area contributed by atoms with Crippen LogP contribution in [-0.2, 0) is 14.6 Å². The summed E-state index contributed by atoms with van der Waals surface area (Å²) in [7, 11) is -2.96. The average Bonchev–Trinajstić information content (AvgIpc) is 2.28. The largest absolute Gasteiger partial charge is 0.384 e. The molecule has 1 aromatic carbocycles. The molecule has 1 amide bonds. The Bertz CT molecular complexity index is 526. The standard InChI is InChI=1S/C13H20N2O3S/c1-3-8-19(17,18)9-7-14-12-5-4-6-13(10-12)15-11(2)16/h4-6,10,14H,3,7-9H2,1-2H3,(H,15,16). The lowest BCUT2D eigenvalue weighted by Gasteiger charge is -2.09. The van der Waals surface area contributed by atoms with E-state index in [0.29, 0.717) is 18.7 Å². The van der Waals surface area contributed by atoms with Crippen molar-refractivity contribution in [2.24, 2.45) is 0 Å². The lowest BCUT2D eigenvalue weighted by atomic mass is 10.2. The lowest BCUT2D eigenvalue weighted by molar-refractivity contribution is -0.114. The molecule has 5 nitrogen and oxygen atoms in total. The maximum atomic E-state index is 11.5. The summed E-state index contributed by atoms with van der Waals surface area (Å²) in [6, 6.07) is 7.18. The summed E-state index contributed by atoms with van der Waals surface area (Å²) in [5, 5.41) is 5.72. The molecule has 1 rings (SSSR count). The summed E-state index contributed by atoms with van der Waals surface area (Å²) in [5.41, 5.74) is 1.48. The lowest BCUT2D eigenvalue weighted by Crippen LogP contribution is -2.18. The summed E-state index contributed by atoms with van der Waals surface area (Å²) in [4.78, 5) is 10.9. The summed E-state index contributed by atoms with van der Waals surface area (Å²) in [5.74, 6) is 0.203. The molecule has 0 saturated carbocycles. The highest BCUT2D eigenvalue weighted by Crippen LogP contribution is 2.14. The van der Waals surface area contributed by atoms with Gasteiger partial charge in [-0.1, -0.05) is 13.0 Å². The molecule has 0 radical (unpaired) electrons. The van der Waals surface area contributed by atoms with E-state index in [0.717, 1.165) is 5.69 Å². The first-order valence-electron chi connectivity index (χ1n) is 6.25. The van der Waals surface area contributed by atoms with Crippen molar-refractivity contribution in [1.82, 2.24) is 0 Å². The molecule has 0 bridgehead atoms. The number of rotatable bonds is 7. The fourth-order valence-corrected chi connectivity index (χ4v) is 2.91. The Morgan fingerprint density at radius 2 is 1.89 bits per heavy atom. The number of benzene rings is 1. The van der Waals surface area contributed by atoms with Crippen molar-refractivity contribution >= 4 is 27.1 Å². The van der Waals surface area contributed by atoms with Crippen LogP contribution in [0.15, 0.2) is 24.3 Å². The van der Waals surface area contributed by atoms with Crippen LogP contribution in [0.4, 0.5) is 11.4 Å². The Balaban J connectivity index is 2.52. The van der Waals surface area contributed by atoms with Crippen LogP contribution in [0.1, 0.15) is 20.3 Å². The molecule has 0 aliphatic carbocycles. The first-order chi connectivity index (χ1) is 8.93. The molecule has 6 heteroatoms. The Morgan fingerprint density at radius 3 is 2.53 bits per heavy atom. The summed E-state index contributed by atoms with van der Waals surface area (Å²) < 4.78 is 23.1. The summed E-state index contributed by atoms with van der Waals surface area (Å²) in [6.45, 7) is 3.66. The topological polar surface area (TPSA) is 75.3 Å². The quantitative estimate of drug-likeness (QED) is 0.801. The number of hydrogen-bond acceptors (Lipinski definition) is 4. The first kappa shape index (κ1) is 15.5. The molecule has 0 aliphatic rings. The van der Waals surface area contributed by atoms with Crippen molar-refractivity contribution in [1.29, 1.82) is 0 Å². The van der Waals surface area contributed by atoms with E-state index >= 15 is 0 Å². The van der Waals surface area contributed by atoms with Crippen LogP contribution >= 0.6 is 0 Å². The predicted octanol–water partition coefficient (Wildman–Crippen LogP) is 1.88. The SMILES string of the molecule is CCCS(=O)(=O)CCNc1cccc(NC(C)=O)c1. The molecular weight excluding hydrogens is 264 g/mol. The van der Waals surface area contributed by atoms with Gasteiger partial charge in [0.1, 0.15) is 0 Å². The van der Waals surface area contributed by atoms with E-state index in [4.69, 9.17) is 0 Å². The molecule has 0 saturated heterocycles. The highest BCUT2D eigenvalue weighted by atomic mass is 32.2. The molecule has 0 aromatic heterocycles. The Hall–Kier alpha value is -1.56. The normalized spacial score (nSPS) is 11.1. The maximum absolute atomic E-state index is 11.5. The van der Waals surface area contributed by atoms with Crippen molar-refractivity contribution in [3.05, 3.63) is 24.3 Å². The molecule has 0 spiro atoms. The van der Waals surface area contributed by atoms with Crippen LogP contribution < -0.4 is 10.6 Å². The van der Waals surface area contributed by atoms with Gasteiger partial charge in [0.05, 0.1) is 5.75 Å².